The van der Waals surface area contributed by atoms with Crippen LogP contribution in [0.4, 0.5) is 4.39 Å². The van der Waals surface area contributed by atoms with Crippen molar-refractivity contribution in [3.8, 4) is 0 Å². The smallest absolute Gasteiger partial charge is 0.226 e. The summed E-state index contributed by atoms with van der Waals surface area (Å²) < 4.78 is 25.0. The van der Waals surface area contributed by atoms with E-state index < -0.39 is 6.17 Å². The number of carbonyl (C=O) groups is 1. The van der Waals surface area contributed by atoms with Crippen molar-refractivity contribution in [2.75, 3.05) is 19.7 Å². The zero-order chi connectivity index (χ0) is 17.4. The van der Waals surface area contributed by atoms with E-state index in [9.17, 15) is 9.18 Å². The Hall–Kier alpha value is -1.53. The molecule has 0 bridgehead atoms. The third-order valence-electron chi connectivity index (χ3n) is 5.56. The van der Waals surface area contributed by atoms with Gasteiger partial charge in [0.05, 0.1) is 31.5 Å². The Morgan fingerprint density at radius 1 is 1.44 bits per heavy atom. The summed E-state index contributed by atoms with van der Waals surface area (Å²) in [7, 11) is 0. The Kier molecular flexibility index (Phi) is 4.50. The van der Waals surface area contributed by atoms with Crippen LogP contribution in [0.3, 0.4) is 0 Å². The summed E-state index contributed by atoms with van der Waals surface area (Å²) in [4.78, 5) is 18.6. The molecule has 4 rings (SSSR count). The van der Waals surface area contributed by atoms with Gasteiger partial charge in [-0.1, -0.05) is 6.07 Å². The SMILES string of the molecule is Cc1cccc(CO[C@@H]2CCOC3(C2)CN(C(=O)C2CC(F)C2)C3)n1. The van der Waals surface area contributed by atoms with E-state index in [1.165, 1.54) is 0 Å². The number of hydrogen-bond acceptors (Lipinski definition) is 4. The molecule has 25 heavy (non-hydrogen) atoms. The molecule has 1 aromatic rings. The molecule has 0 aromatic carbocycles. The normalized spacial score (nSPS) is 30.6. The molecule has 1 saturated carbocycles. The lowest BCUT2D eigenvalue weighted by atomic mass is 9.79. The zero-order valence-corrected chi connectivity index (χ0v) is 14.6. The monoisotopic (exact) mass is 348 g/mol. The van der Waals surface area contributed by atoms with E-state index in [1.54, 1.807) is 0 Å². The molecule has 0 unspecified atom stereocenters. The summed E-state index contributed by atoms with van der Waals surface area (Å²) >= 11 is 0. The van der Waals surface area contributed by atoms with Gasteiger partial charge < -0.3 is 14.4 Å². The van der Waals surface area contributed by atoms with Crippen molar-refractivity contribution in [1.82, 2.24) is 9.88 Å². The van der Waals surface area contributed by atoms with E-state index in [4.69, 9.17) is 9.47 Å². The zero-order valence-electron chi connectivity index (χ0n) is 14.6. The first-order chi connectivity index (χ1) is 12.0. The van der Waals surface area contributed by atoms with Gasteiger partial charge in [0.1, 0.15) is 11.8 Å². The molecule has 1 spiro atoms. The maximum Gasteiger partial charge on any atom is 0.226 e. The highest BCUT2D eigenvalue weighted by Gasteiger charge is 2.51. The summed E-state index contributed by atoms with van der Waals surface area (Å²) in [5.74, 6) is -0.0227. The number of rotatable bonds is 4. The van der Waals surface area contributed by atoms with E-state index in [2.05, 4.69) is 4.98 Å². The van der Waals surface area contributed by atoms with Crippen LogP contribution in [0.25, 0.3) is 0 Å². The van der Waals surface area contributed by atoms with Crippen molar-refractivity contribution in [3.63, 3.8) is 0 Å². The first-order valence-electron chi connectivity index (χ1n) is 9.14. The minimum absolute atomic E-state index is 0.0927. The van der Waals surface area contributed by atoms with Gasteiger partial charge in [0, 0.05) is 24.6 Å². The Balaban J connectivity index is 1.26. The number of amides is 1. The molecule has 3 fully saturated rings. The second-order valence-corrected chi connectivity index (χ2v) is 7.69. The lowest BCUT2D eigenvalue weighted by molar-refractivity contribution is -0.206. The molecule has 0 N–H and O–H groups in total. The molecule has 1 aliphatic carbocycles. The molecule has 1 aromatic heterocycles. The van der Waals surface area contributed by atoms with Crippen molar-refractivity contribution in [1.29, 1.82) is 0 Å². The molecular formula is C19H25FN2O3. The summed E-state index contributed by atoms with van der Waals surface area (Å²) in [5.41, 5.74) is 1.67. The standard InChI is InChI=1S/C19H25FN2O3/c1-13-3-2-4-16(21-13)10-24-17-5-6-25-19(9-17)11-22(12-19)18(23)14-7-15(20)8-14/h2-4,14-15,17H,5-12H2,1H3/t14?,15?,17-/m1/s1. The first kappa shape index (κ1) is 16.9. The van der Waals surface area contributed by atoms with Crippen LogP contribution in [0.15, 0.2) is 18.2 Å². The van der Waals surface area contributed by atoms with Crippen LogP contribution in [-0.4, -0.2) is 53.4 Å². The van der Waals surface area contributed by atoms with Gasteiger partial charge in [0.25, 0.3) is 0 Å². The quantitative estimate of drug-likeness (QED) is 0.839. The predicted molar refractivity (Wildman–Crippen MR) is 89.7 cm³/mol. The molecule has 136 valence electrons. The second kappa shape index (κ2) is 6.65. The Bertz CT molecular complexity index is 641. The van der Waals surface area contributed by atoms with Gasteiger partial charge >= 0.3 is 0 Å². The van der Waals surface area contributed by atoms with Crippen LogP contribution in [-0.2, 0) is 20.9 Å². The van der Waals surface area contributed by atoms with E-state index >= 15 is 0 Å². The number of nitrogens with zero attached hydrogens (tertiary/aromatic N) is 2. The van der Waals surface area contributed by atoms with Crippen LogP contribution < -0.4 is 0 Å². The van der Waals surface area contributed by atoms with E-state index in [-0.39, 0.29) is 23.5 Å². The van der Waals surface area contributed by atoms with Crippen LogP contribution >= 0.6 is 0 Å². The molecule has 6 heteroatoms. The molecule has 2 saturated heterocycles. The van der Waals surface area contributed by atoms with Crippen LogP contribution in [0.5, 0.6) is 0 Å². The largest absolute Gasteiger partial charge is 0.372 e. The number of aryl methyl sites for hydroxylation is 1. The molecule has 1 atom stereocenters. The maximum absolute atomic E-state index is 12.9. The average molecular weight is 348 g/mol. The molecular weight excluding hydrogens is 323 g/mol. The number of alkyl halides is 1. The highest BCUT2D eigenvalue weighted by molar-refractivity contribution is 5.81. The number of carbonyl (C=O) groups excluding carboxylic acids is 1. The minimum Gasteiger partial charge on any atom is -0.372 e. The highest BCUT2D eigenvalue weighted by Crippen LogP contribution is 2.39. The summed E-state index contributed by atoms with van der Waals surface area (Å²) in [6.45, 7) is 4.36. The van der Waals surface area contributed by atoms with Crippen molar-refractivity contribution in [2.45, 2.75) is 57.1 Å². The number of aromatic nitrogens is 1. The molecule has 1 amide bonds. The Morgan fingerprint density at radius 3 is 2.96 bits per heavy atom. The fraction of sp³-hybridized carbons (Fsp3) is 0.684. The maximum atomic E-state index is 12.9. The summed E-state index contributed by atoms with van der Waals surface area (Å²) in [6.07, 6.45) is 1.79. The van der Waals surface area contributed by atoms with Crippen molar-refractivity contribution >= 4 is 5.91 Å². The van der Waals surface area contributed by atoms with Gasteiger partial charge in [-0.2, -0.15) is 0 Å². The first-order valence-corrected chi connectivity index (χ1v) is 9.14. The van der Waals surface area contributed by atoms with Crippen LogP contribution in [0.2, 0.25) is 0 Å². The van der Waals surface area contributed by atoms with E-state index in [0.29, 0.717) is 39.1 Å². The van der Waals surface area contributed by atoms with Crippen molar-refractivity contribution in [3.05, 3.63) is 29.6 Å². The van der Waals surface area contributed by atoms with Crippen LogP contribution in [0.1, 0.15) is 37.1 Å². The molecule has 0 radical (unpaired) electrons. The number of pyridine rings is 1. The molecule has 5 nitrogen and oxygen atoms in total. The summed E-state index contributed by atoms with van der Waals surface area (Å²) in [6, 6.07) is 5.94. The third kappa shape index (κ3) is 3.55. The van der Waals surface area contributed by atoms with Gasteiger partial charge in [0.15, 0.2) is 0 Å². The Morgan fingerprint density at radius 2 is 2.24 bits per heavy atom. The highest BCUT2D eigenvalue weighted by atomic mass is 19.1. The van der Waals surface area contributed by atoms with Gasteiger partial charge in [-0.05, 0) is 38.3 Å². The summed E-state index contributed by atoms with van der Waals surface area (Å²) in [5, 5.41) is 0. The molecule has 3 heterocycles. The average Bonchev–Trinajstić information content (AvgIpc) is 2.55. The number of ether oxygens (including phenoxy) is 2. The van der Waals surface area contributed by atoms with E-state index in [0.717, 1.165) is 24.2 Å². The molecule has 2 aliphatic heterocycles. The van der Waals surface area contributed by atoms with Crippen molar-refractivity contribution in [2.24, 2.45) is 5.92 Å². The van der Waals surface area contributed by atoms with Crippen LogP contribution in [0, 0.1) is 12.8 Å². The van der Waals surface area contributed by atoms with E-state index in [1.807, 2.05) is 30.0 Å². The van der Waals surface area contributed by atoms with Gasteiger partial charge in [-0.3, -0.25) is 9.78 Å². The number of halogens is 1. The van der Waals surface area contributed by atoms with Crippen molar-refractivity contribution < 1.29 is 18.7 Å². The Labute approximate surface area is 147 Å². The fourth-order valence-electron chi connectivity index (χ4n) is 4.04. The topological polar surface area (TPSA) is 51.7 Å². The van der Waals surface area contributed by atoms with Gasteiger partial charge in [-0.25, -0.2) is 4.39 Å². The lowest BCUT2D eigenvalue weighted by Crippen LogP contribution is -2.68. The predicted octanol–water partition coefficient (Wildman–Crippen LogP) is 2.41. The fourth-order valence-corrected chi connectivity index (χ4v) is 4.04. The van der Waals surface area contributed by atoms with Gasteiger partial charge in [0.2, 0.25) is 5.91 Å². The third-order valence-corrected chi connectivity index (χ3v) is 5.56. The number of hydrogen-bond donors (Lipinski definition) is 0. The lowest BCUT2D eigenvalue weighted by Gasteiger charge is -2.54. The molecule has 3 aliphatic rings. The second-order valence-electron chi connectivity index (χ2n) is 7.69. The number of likely N-dealkylation sites (tertiary alicyclic amines) is 1. The minimum atomic E-state index is -0.789. The van der Waals surface area contributed by atoms with Gasteiger partial charge in [-0.15, -0.1) is 0 Å².